The third kappa shape index (κ3) is 4.99. The summed E-state index contributed by atoms with van der Waals surface area (Å²) in [7, 11) is 1.62. The Morgan fingerprint density at radius 2 is 2.20 bits per heavy atom. The summed E-state index contributed by atoms with van der Waals surface area (Å²) >= 11 is 0. The Kier molecular flexibility index (Phi) is 7.11. The summed E-state index contributed by atoms with van der Waals surface area (Å²) in [6, 6.07) is 9.11. The van der Waals surface area contributed by atoms with Crippen molar-refractivity contribution in [3.8, 4) is 11.9 Å². The average molecular weight is 540 g/mol. The maximum absolute atomic E-state index is 9.67. The second-order valence-electron chi connectivity index (χ2n) is 10.4. The first-order valence-corrected chi connectivity index (χ1v) is 13.5. The van der Waals surface area contributed by atoms with E-state index in [1.54, 1.807) is 24.0 Å². The maximum atomic E-state index is 9.67. The van der Waals surface area contributed by atoms with Crippen LogP contribution in [0.1, 0.15) is 41.5 Å². The van der Waals surface area contributed by atoms with Crippen molar-refractivity contribution in [3.05, 3.63) is 71.3 Å². The van der Waals surface area contributed by atoms with Gasteiger partial charge in [-0.15, -0.1) is 0 Å². The van der Waals surface area contributed by atoms with Gasteiger partial charge in [-0.2, -0.15) is 10.4 Å². The molecule has 4 aliphatic rings. The number of ether oxygens (including phenoxy) is 2. The lowest BCUT2D eigenvalue weighted by atomic mass is 9.91. The van der Waals surface area contributed by atoms with Crippen LogP contribution in [0, 0.1) is 11.3 Å². The van der Waals surface area contributed by atoms with Crippen molar-refractivity contribution < 1.29 is 9.47 Å². The molecule has 4 aliphatic heterocycles. The number of nitriles is 1. The molecule has 11 nitrogen and oxygen atoms in total. The lowest BCUT2D eigenvalue weighted by molar-refractivity contribution is 0.0156. The maximum Gasteiger partial charge on any atom is 0.212 e. The molecule has 2 atom stereocenters. The first-order valence-electron chi connectivity index (χ1n) is 13.5. The van der Waals surface area contributed by atoms with Crippen LogP contribution < -0.4 is 16.2 Å². The molecular weight excluding hydrogens is 506 g/mol. The van der Waals surface area contributed by atoms with Crippen LogP contribution in [0.15, 0.2) is 54.1 Å². The van der Waals surface area contributed by atoms with Crippen LogP contribution in [0.25, 0.3) is 16.8 Å². The Morgan fingerprint density at radius 3 is 2.95 bits per heavy atom. The van der Waals surface area contributed by atoms with Gasteiger partial charge >= 0.3 is 0 Å². The first kappa shape index (κ1) is 25.9. The second-order valence-corrected chi connectivity index (χ2v) is 10.4. The molecule has 7 heterocycles. The lowest BCUT2D eigenvalue weighted by Gasteiger charge is -2.47. The number of guanidine groups is 1. The van der Waals surface area contributed by atoms with Gasteiger partial charge in [0.05, 0.1) is 49.5 Å². The zero-order chi connectivity index (χ0) is 27.6. The van der Waals surface area contributed by atoms with Crippen molar-refractivity contribution in [2.45, 2.75) is 37.9 Å². The number of fused-ring (bicyclic) bond motifs is 4. The third-order valence-corrected chi connectivity index (χ3v) is 8.05. The van der Waals surface area contributed by atoms with Crippen molar-refractivity contribution in [1.82, 2.24) is 24.4 Å². The van der Waals surface area contributed by atoms with E-state index in [9.17, 15) is 5.26 Å². The third-order valence-electron chi connectivity index (χ3n) is 8.05. The fraction of sp³-hybridized carbons (Fsp3) is 0.379. The molecule has 0 amide bonds. The average Bonchev–Trinajstić information content (AvgIpc) is 3.17. The number of aliphatic imine (C=N–C) groups is 1. The highest BCUT2D eigenvalue weighted by Crippen LogP contribution is 2.34. The van der Waals surface area contributed by atoms with Crippen LogP contribution in [-0.4, -0.2) is 75.9 Å². The van der Waals surface area contributed by atoms with Gasteiger partial charge in [-0.3, -0.25) is 4.90 Å². The molecule has 4 N–H and O–H groups in total. The number of hydrogen-bond donors (Lipinski definition) is 2. The molecule has 3 saturated heterocycles. The molecule has 0 aliphatic carbocycles. The van der Waals surface area contributed by atoms with Crippen LogP contribution >= 0.6 is 0 Å². The SMILES string of the molecule is COc1ccc(CN2C3CCN(C(N)=N/C=C(\N)c4cc(C5=CCOCC5)cn5ncc(C#N)c45)CC2C3)cn1. The summed E-state index contributed by atoms with van der Waals surface area (Å²) in [6.45, 7) is 3.73. The van der Waals surface area contributed by atoms with E-state index in [0.29, 0.717) is 59.5 Å². The van der Waals surface area contributed by atoms with E-state index in [-0.39, 0.29) is 0 Å². The molecule has 3 aromatic heterocycles. The first-order chi connectivity index (χ1) is 19.5. The minimum atomic E-state index is 0.402. The quantitative estimate of drug-likeness (QED) is 0.356. The molecule has 11 heteroatoms. The van der Waals surface area contributed by atoms with Crippen molar-refractivity contribution in [3.63, 3.8) is 0 Å². The highest BCUT2D eigenvalue weighted by molar-refractivity contribution is 5.85. The minimum Gasteiger partial charge on any atom is -0.481 e. The van der Waals surface area contributed by atoms with Crippen molar-refractivity contribution in [2.75, 3.05) is 33.4 Å². The van der Waals surface area contributed by atoms with Gasteiger partial charge < -0.3 is 25.8 Å². The predicted octanol–water partition coefficient (Wildman–Crippen LogP) is 2.33. The zero-order valence-electron chi connectivity index (χ0n) is 22.5. The Bertz CT molecular complexity index is 1530. The zero-order valence-corrected chi connectivity index (χ0v) is 22.5. The molecule has 2 unspecified atom stereocenters. The highest BCUT2D eigenvalue weighted by atomic mass is 16.5. The van der Waals surface area contributed by atoms with E-state index in [0.717, 1.165) is 50.0 Å². The fourth-order valence-electron chi connectivity index (χ4n) is 5.84. The molecule has 2 bridgehead atoms. The highest BCUT2D eigenvalue weighted by Gasteiger charge is 2.41. The van der Waals surface area contributed by atoms with Crippen LogP contribution in [0.3, 0.4) is 0 Å². The number of nitrogens with zero attached hydrogens (tertiary/aromatic N) is 7. The predicted molar refractivity (Wildman–Crippen MR) is 152 cm³/mol. The van der Waals surface area contributed by atoms with Crippen molar-refractivity contribution in [2.24, 2.45) is 16.5 Å². The van der Waals surface area contributed by atoms with E-state index in [4.69, 9.17) is 20.9 Å². The molecule has 40 heavy (non-hydrogen) atoms. The van der Waals surface area contributed by atoms with Gasteiger partial charge in [0.15, 0.2) is 5.96 Å². The Labute approximate surface area is 233 Å². The number of aromatic nitrogens is 3. The van der Waals surface area contributed by atoms with E-state index in [2.05, 4.69) is 43.1 Å². The summed E-state index contributed by atoms with van der Waals surface area (Å²) in [5, 5.41) is 14.1. The Balaban J connectivity index is 1.21. The molecule has 3 aromatic rings. The monoisotopic (exact) mass is 539 g/mol. The molecule has 0 saturated carbocycles. The van der Waals surface area contributed by atoms with Crippen molar-refractivity contribution in [1.29, 1.82) is 5.26 Å². The minimum absolute atomic E-state index is 0.402. The Hall–Kier alpha value is -4.40. The summed E-state index contributed by atoms with van der Waals surface area (Å²) in [5.74, 6) is 1.06. The molecular formula is C29H33N9O2. The summed E-state index contributed by atoms with van der Waals surface area (Å²) in [4.78, 5) is 13.6. The summed E-state index contributed by atoms with van der Waals surface area (Å²) in [5.41, 5.74) is 18.6. The number of nitrogens with two attached hydrogens (primary N) is 2. The van der Waals surface area contributed by atoms with Gasteiger partial charge in [-0.1, -0.05) is 12.1 Å². The smallest absolute Gasteiger partial charge is 0.212 e. The van der Waals surface area contributed by atoms with Gasteiger partial charge in [0.2, 0.25) is 5.88 Å². The molecule has 206 valence electrons. The molecule has 3 fully saturated rings. The number of hydrogen-bond acceptors (Lipinski definition) is 8. The number of pyridine rings is 2. The van der Waals surface area contributed by atoms with E-state index < -0.39 is 0 Å². The van der Waals surface area contributed by atoms with E-state index in [1.807, 2.05) is 24.5 Å². The lowest BCUT2D eigenvalue weighted by Crippen LogP contribution is -2.56. The second kappa shape index (κ2) is 11.0. The van der Waals surface area contributed by atoms with Gasteiger partial charge in [0, 0.05) is 55.7 Å². The molecule has 0 aromatic carbocycles. The summed E-state index contributed by atoms with van der Waals surface area (Å²) < 4.78 is 12.4. The number of rotatable bonds is 6. The van der Waals surface area contributed by atoms with Crippen molar-refractivity contribution >= 4 is 22.7 Å². The Morgan fingerprint density at radius 1 is 1.30 bits per heavy atom. The molecule has 0 radical (unpaired) electrons. The van der Waals surface area contributed by atoms with Crippen LogP contribution in [-0.2, 0) is 11.3 Å². The van der Waals surface area contributed by atoms with E-state index >= 15 is 0 Å². The van der Waals surface area contributed by atoms with Gasteiger partial charge in [-0.25, -0.2) is 14.5 Å². The number of methoxy groups -OCH3 is 1. The normalized spacial score (nSPS) is 21.9. The standard InChI is InChI=1S/C29H33N9O2/c1-39-27-3-2-19(13-33-27)16-37-23-4-7-36(18-24(37)11-23)29(32)34-15-26(31)25-10-21(20-5-8-40-9-6-20)17-38-28(25)22(12-30)14-35-38/h2-3,5,10,13-15,17,23-24H,4,6-9,11,16,18,31H2,1H3,(H2,32,34)/b26-15-. The van der Waals surface area contributed by atoms with Gasteiger partial charge in [-0.05, 0) is 42.0 Å². The van der Waals surface area contributed by atoms with Crippen LogP contribution in [0.4, 0.5) is 0 Å². The van der Waals surface area contributed by atoms with Gasteiger partial charge in [0.1, 0.15) is 6.07 Å². The molecule has 0 spiro atoms. The van der Waals surface area contributed by atoms with E-state index in [1.165, 1.54) is 5.56 Å². The topological polar surface area (TPSA) is 143 Å². The molecule has 7 rings (SSSR count). The largest absolute Gasteiger partial charge is 0.481 e. The summed E-state index contributed by atoms with van der Waals surface area (Å²) in [6.07, 6.45) is 12.0. The van der Waals surface area contributed by atoms with Crippen LogP contribution in [0.2, 0.25) is 0 Å². The van der Waals surface area contributed by atoms with Crippen LogP contribution in [0.5, 0.6) is 5.88 Å². The van der Waals surface area contributed by atoms with Gasteiger partial charge in [0.25, 0.3) is 0 Å². The fourth-order valence-corrected chi connectivity index (χ4v) is 5.84.